The molecule has 0 spiro atoms. The van der Waals surface area contributed by atoms with Crippen molar-refractivity contribution in [2.75, 3.05) is 16.8 Å². The first-order chi connectivity index (χ1) is 14.4. The van der Waals surface area contributed by atoms with Gasteiger partial charge in [-0.05, 0) is 30.7 Å². The molecule has 9 heteroatoms. The molecule has 3 aromatic rings. The second-order valence-electron chi connectivity index (χ2n) is 7.06. The van der Waals surface area contributed by atoms with Crippen molar-refractivity contribution in [2.45, 2.75) is 25.7 Å². The molecule has 2 aromatic carbocycles. The van der Waals surface area contributed by atoms with Crippen LogP contribution in [0.1, 0.15) is 28.5 Å². The number of para-hydroxylation sites is 1. The highest BCUT2D eigenvalue weighted by Gasteiger charge is 2.34. The Labute approximate surface area is 181 Å². The number of hydrogen-bond acceptors (Lipinski definition) is 5. The number of aryl methyl sites for hydroxylation is 1. The van der Waals surface area contributed by atoms with Gasteiger partial charge in [0.1, 0.15) is 10.8 Å². The molecule has 4 rings (SSSR count). The maximum Gasteiger partial charge on any atom is 0.230 e. The van der Waals surface area contributed by atoms with Gasteiger partial charge in [0, 0.05) is 35.2 Å². The van der Waals surface area contributed by atoms with E-state index in [1.807, 2.05) is 31.2 Å². The average molecular weight is 445 g/mol. The summed E-state index contributed by atoms with van der Waals surface area (Å²) in [6.07, 6.45) is 0.130. The first-order valence-electron chi connectivity index (χ1n) is 9.34. The Morgan fingerprint density at radius 3 is 2.83 bits per heavy atom. The number of halogens is 2. The fraction of sp³-hybridized carbons (Fsp3) is 0.238. The van der Waals surface area contributed by atoms with Crippen molar-refractivity contribution in [3.8, 4) is 0 Å². The lowest BCUT2D eigenvalue weighted by Gasteiger charge is -2.18. The van der Waals surface area contributed by atoms with Gasteiger partial charge < -0.3 is 10.2 Å². The number of hydrogen-bond donors (Lipinski definition) is 1. The molecule has 1 unspecified atom stereocenters. The van der Waals surface area contributed by atoms with Crippen molar-refractivity contribution in [2.24, 2.45) is 0 Å². The minimum atomic E-state index is -0.531. The molecular formula is C21H18ClFN4O2S. The fourth-order valence-electron chi connectivity index (χ4n) is 3.45. The summed E-state index contributed by atoms with van der Waals surface area (Å²) in [5.41, 5.74) is 2.06. The molecule has 6 nitrogen and oxygen atoms in total. The minimum Gasteiger partial charge on any atom is -0.311 e. The summed E-state index contributed by atoms with van der Waals surface area (Å²) in [4.78, 5) is 26.6. The zero-order valence-electron chi connectivity index (χ0n) is 16.1. The van der Waals surface area contributed by atoms with Gasteiger partial charge in [-0.15, -0.1) is 10.2 Å². The lowest BCUT2D eigenvalue weighted by molar-refractivity contribution is -0.117. The number of rotatable bonds is 5. The number of carbonyl (C=O) groups excluding carboxylic acids is 2. The van der Waals surface area contributed by atoms with Crippen LogP contribution in [0.5, 0.6) is 0 Å². The van der Waals surface area contributed by atoms with Crippen molar-refractivity contribution >= 4 is 45.6 Å². The van der Waals surface area contributed by atoms with E-state index in [1.165, 1.54) is 29.5 Å². The van der Waals surface area contributed by atoms with Gasteiger partial charge in [-0.1, -0.05) is 47.2 Å². The highest BCUT2D eigenvalue weighted by molar-refractivity contribution is 7.15. The summed E-state index contributed by atoms with van der Waals surface area (Å²) in [5, 5.41) is 12.0. The maximum atomic E-state index is 13.9. The Balaban J connectivity index is 1.43. The second-order valence-corrected chi connectivity index (χ2v) is 8.48. The number of benzene rings is 2. The lowest BCUT2D eigenvalue weighted by Crippen LogP contribution is -2.25. The minimum absolute atomic E-state index is 0.0317. The predicted octanol–water partition coefficient (Wildman–Crippen LogP) is 4.34. The summed E-state index contributed by atoms with van der Waals surface area (Å²) in [5.74, 6) is -1.03. The Bertz CT molecular complexity index is 1100. The molecule has 1 atom stereocenters. The Morgan fingerprint density at radius 1 is 1.27 bits per heavy atom. The van der Waals surface area contributed by atoms with Crippen LogP contribution in [0.15, 0.2) is 42.5 Å². The topological polar surface area (TPSA) is 75.2 Å². The van der Waals surface area contributed by atoms with E-state index in [0.717, 1.165) is 11.3 Å². The Hall–Kier alpha value is -2.84. The molecule has 1 aromatic heterocycles. The van der Waals surface area contributed by atoms with E-state index in [0.29, 0.717) is 23.1 Å². The van der Waals surface area contributed by atoms with Crippen molar-refractivity contribution in [1.29, 1.82) is 0 Å². The number of aromatic nitrogens is 2. The number of anilines is 2. The third kappa shape index (κ3) is 4.20. The highest BCUT2D eigenvalue weighted by atomic mass is 35.5. The summed E-state index contributed by atoms with van der Waals surface area (Å²) < 4.78 is 13.9. The fourth-order valence-corrected chi connectivity index (χ4v) is 4.53. The van der Waals surface area contributed by atoms with Gasteiger partial charge in [0.2, 0.25) is 16.9 Å². The zero-order valence-corrected chi connectivity index (χ0v) is 17.6. The number of carbonyl (C=O) groups is 2. The van der Waals surface area contributed by atoms with Crippen molar-refractivity contribution in [1.82, 2.24) is 10.2 Å². The number of nitrogens with one attached hydrogen (secondary N) is 1. The zero-order chi connectivity index (χ0) is 21.3. The van der Waals surface area contributed by atoms with Crippen LogP contribution in [0.4, 0.5) is 15.2 Å². The summed E-state index contributed by atoms with van der Waals surface area (Å²) in [7, 11) is 0. The smallest absolute Gasteiger partial charge is 0.230 e. The maximum absolute atomic E-state index is 13.9. The quantitative estimate of drug-likeness (QED) is 0.635. The number of amides is 2. The molecule has 2 heterocycles. The standard InChI is InChI=1S/C21H18ClFN4O2S/c1-12-5-2-3-8-17(12)27-11-13(9-19(27)29)20-25-26-21(30-20)24-18(28)10-14-15(22)6-4-7-16(14)23/h2-8,13H,9-11H2,1H3,(H,24,26,28). The summed E-state index contributed by atoms with van der Waals surface area (Å²) >= 11 is 7.19. The third-order valence-corrected chi connectivity index (χ3v) is 6.32. The number of nitrogens with zero attached hydrogens (tertiary/aromatic N) is 3. The van der Waals surface area contributed by atoms with Gasteiger partial charge in [0.05, 0.1) is 6.42 Å². The van der Waals surface area contributed by atoms with Gasteiger partial charge in [0.15, 0.2) is 0 Å². The normalized spacial score (nSPS) is 16.2. The molecule has 0 saturated carbocycles. The molecule has 2 amide bonds. The van der Waals surface area contributed by atoms with Crippen LogP contribution < -0.4 is 10.2 Å². The van der Waals surface area contributed by atoms with Crippen LogP contribution in [-0.2, 0) is 16.0 Å². The van der Waals surface area contributed by atoms with E-state index in [2.05, 4.69) is 15.5 Å². The van der Waals surface area contributed by atoms with Crippen molar-refractivity contribution in [3.63, 3.8) is 0 Å². The van der Waals surface area contributed by atoms with Gasteiger partial charge in [-0.25, -0.2) is 4.39 Å². The molecular weight excluding hydrogens is 427 g/mol. The predicted molar refractivity (Wildman–Crippen MR) is 115 cm³/mol. The van der Waals surface area contributed by atoms with E-state index in [4.69, 9.17) is 11.6 Å². The van der Waals surface area contributed by atoms with Gasteiger partial charge in [-0.3, -0.25) is 9.59 Å². The van der Waals surface area contributed by atoms with Crippen LogP contribution in [-0.4, -0.2) is 28.6 Å². The lowest BCUT2D eigenvalue weighted by atomic mass is 10.1. The van der Waals surface area contributed by atoms with Crippen molar-refractivity contribution in [3.05, 3.63) is 69.4 Å². The van der Waals surface area contributed by atoms with Crippen LogP contribution in [0.3, 0.4) is 0 Å². The van der Waals surface area contributed by atoms with Crippen LogP contribution in [0.25, 0.3) is 0 Å². The summed E-state index contributed by atoms with van der Waals surface area (Å²) in [6.45, 7) is 2.48. The van der Waals surface area contributed by atoms with Gasteiger partial charge in [0.25, 0.3) is 0 Å². The third-order valence-electron chi connectivity index (χ3n) is 4.97. The van der Waals surface area contributed by atoms with Crippen LogP contribution >= 0.6 is 22.9 Å². The molecule has 30 heavy (non-hydrogen) atoms. The Morgan fingerprint density at radius 2 is 2.07 bits per heavy atom. The average Bonchev–Trinajstić information content (AvgIpc) is 3.32. The summed E-state index contributed by atoms with van der Waals surface area (Å²) in [6, 6.07) is 12.0. The highest BCUT2D eigenvalue weighted by Crippen LogP contribution is 2.35. The monoisotopic (exact) mass is 444 g/mol. The second kappa shape index (κ2) is 8.49. The first-order valence-corrected chi connectivity index (χ1v) is 10.5. The van der Waals surface area contributed by atoms with Gasteiger partial charge >= 0.3 is 0 Å². The SMILES string of the molecule is Cc1ccccc1N1CC(c2nnc(NC(=O)Cc3c(F)cccc3Cl)s2)CC1=O. The molecule has 1 aliphatic rings. The van der Waals surface area contributed by atoms with E-state index in [1.54, 1.807) is 4.90 Å². The van der Waals surface area contributed by atoms with E-state index < -0.39 is 11.7 Å². The molecule has 1 aliphatic heterocycles. The Kier molecular flexibility index (Phi) is 5.78. The largest absolute Gasteiger partial charge is 0.311 e. The molecule has 0 radical (unpaired) electrons. The van der Waals surface area contributed by atoms with Crippen LogP contribution in [0.2, 0.25) is 5.02 Å². The van der Waals surface area contributed by atoms with E-state index >= 15 is 0 Å². The van der Waals surface area contributed by atoms with E-state index in [9.17, 15) is 14.0 Å². The van der Waals surface area contributed by atoms with E-state index in [-0.39, 0.29) is 28.8 Å². The van der Waals surface area contributed by atoms with Crippen molar-refractivity contribution < 1.29 is 14.0 Å². The molecule has 1 saturated heterocycles. The molecule has 1 N–H and O–H groups in total. The first kappa shape index (κ1) is 20.4. The van der Waals surface area contributed by atoms with Gasteiger partial charge in [-0.2, -0.15) is 0 Å². The van der Waals surface area contributed by atoms with Crippen LogP contribution in [0, 0.1) is 12.7 Å². The molecule has 0 aliphatic carbocycles. The molecule has 1 fully saturated rings. The molecule has 0 bridgehead atoms. The molecule has 154 valence electrons.